The second-order valence-electron chi connectivity index (χ2n) is 2.90. The molecular weight excluding hydrogens is 214 g/mol. The molecule has 1 atom stereocenters. The molecule has 0 aromatic heterocycles. The monoisotopic (exact) mass is 227 g/mol. The number of rotatable bonds is 4. The van der Waals surface area contributed by atoms with E-state index in [1.807, 2.05) is 30.3 Å². The lowest BCUT2D eigenvalue weighted by Gasteiger charge is -2.08. The molecule has 0 saturated heterocycles. The Morgan fingerprint density at radius 1 is 1.47 bits per heavy atom. The normalized spacial score (nSPS) is 11.0. The molecule has 0 unspecified atom stereocenters. The van der Waals surface area contributed by atoms with Gasteiger partial charge in [0.15, 0.2) is 0 Å². The molecule has 0 fully saturated rings. The van der Waals surface area contributed by atoms with Gasteiger partial charge in [0.1, 0.15) is 6.04 Å². The van der Waals surface area contributed by atoms with Crippen LogP contribution < -0.4 is 5.73 Å². The Labute approximate surface area is 95.3 Å². The third-order valence-corrected chi connectivity index (χ3v) is 1.80. The molecule has 82 valence electrons. The molecule has 0 heterocycles. The van der Waals surface area contributed by atoms with Crippen LogP contribution in [0.25, 0.3) is 0 Å². The molecule has 0 spiro atoms. The first kappa shape index (κ1) is 13.7. The molecule has 0 amide bonds. The Morgan fingerprint density at radius 3 is 2.60 bits per heavy atom. The van der Waals surface area contributed by atoms with Crippen molar-refractivity contribution in [2.45, 2.75) is 12.5 Å². The van der Waals surface area contributed by atoms with Gasteiger partial charge in [-0.05, 0) is 12.0 Å². The van der Waals surface area contributed by atoms with Gasteiger partial charge in [0.2, 0.25) is 0 Å². The van der Waals surface area contributed by atoms with Gasteiger partial charge >= 0.3 is 5.97 Å². The van der Waals surface area contributed by atoms with E-state index in [9.17, 15) is 4.79 Å². The van der Waals surface area contributed by atoms with Crippen molar-refractivity contribution in [1.29, 1.82) is 0 Å². The van der Waals surface area contributed by atoms with Gasteiger partial charge in [0.25, 0.3) is 0 Å². The standard InChI is InChI=1S/C11H13NO2.ClH/c1-2-14-11(13)10(12)8-9-6-4-3-5-7-9;/h2-7,10H,1,8,12H2;1H/t10-;/m0./s1. The lowest BCUT2D eigenvalue weighted by atomic mass is 10.1. The number of ether oxygens (including phenoxy) is 1. The second-order valence-corrected chi connectivity index (χ2v) is 2.90. The smallest absolute Gasteiger partial charge is 0.328 e. The summed E-state index contributed by atoms with van der Waals surface area (Å²) in [5.41, 5.74) is 6.63. The maximum atomic E-state index is 11.1. The van der Waals surface area contributed by atoms with E-state index in [4.69, 9.17) is 5.73 Å². The number of nitrogens with two attached hydrogens (primary N) is 1. The van der Waals surface area contributed by atoms with Crippen molar-refractivity contribution in [1.82, 2.24) is 0 Å². The summed E-state index contributed by atoms with van der Waals surface area (Å²) in [7, 11) is 0. The predicted molar refractivity (Wildman–Crippen MR) is 61.7 cm³/mol. The molecule has 15 heavy (non-hydrogen) atoms. The molecule has 1 aromatic carbocycles. The number of benzene rings is 1. The molecule has 0 radical (unpaired) electrons. The van der Waals surface area contributed by atoms with E-state index in [-0.39, 0.29) is 12.4 Å². The molecule has 3 nitrogen and oxygen atoms in total. The first-order valence-corrected chi connectivity index (χ1v) is 4.35. The lowest BCUT2D eigenvalue weighted by Crippen LogP contribution is -2.33. The van der Waals surface area contributed by atoms with Crippen LogP contribution in [0.4, 0.5) is 0 Å². The molecule has 1 rings (SSSR count). The number of hydrogen-bond acceptors (Lipinski definition) is 3. The third kappa shape index (κ3) is 4.63. The molecule has 0 saturated carbocycles. The van der Waals surface area contributed by atoms with Gasteiger partial charge in [-0.1, -0.05) is 36.9 Å². The fourth-order valence-corrected chi connectivity index (χ4v) is 1.12. The van der Waals surface area contributed by atoms with Crippen molar-refractivity contribution in [3.63, 3.8) is 0 Å². The van der Waals surface area contributed by atoms with Crippen molar-refractivity contribution < 1.29 is 9.53 Å². The number of halogens is 1. The van der Waals surface area contributed by atoms with Gasteiger partial charge < -0.3 is 10.5 Å². The third-order valence-electron chi connectivity index (χ3n) is 1.80. The SMILES string of the molecule is C=COC(=O)[C@@H](N)Cc1ccccc1.Cl. The summed E-state index contributed by atoms with van der Waals surface area (Å²) >= 11 is 0. The first-order chi connectivity index (χ1) is 6.74. The van der Waals surface area contributed by atoms with Crippen LogP contribution in [-0.2, 0) is 16.0 Å². The average molecular weight is 228 g/mol. The summed E-state index contributed by atoms with van der Waals surface area (Å²) in [4.78, 5) is 11.1. The highest BCUT2D eigenvalue weighted by molar-refractivity contribution is 5.85. The van der Waals surface area contributed by atoms with Crippen molar-refractivity contribution in [2.24, 2.45) is 5.73 Å². The largest absolute Gasteiger partial charge is 0.434 e. The van der Waals surface area contributed by atoms with Crippen molar-refractivity contribution in [3.05, 3.63) is 48.7 Å². The van der Waals surface area contributed by atoms with Crippen LogP contribution >= 0.6 is 12.4 Å². The summed E-state index contributed by atoms with van der Waals surface area (Å²) in [5, 5.41) is 0. The number of carbonyl (C=O) groups is 1. The summed E-state index contributed by atoms with van der Waals surface area (Å²) in [5.74, 6) is -0.455. The van der Waals surface area contributed by atoms with Crippen LogP contribution in [0.2, 0.25) is 0 Å². The number of esters is 1. The Hall–Kier alpha value is -1.32. The quantitative estimate of drug-likeness (QED) is 0.629. The summed E-state index contributed by atoms with van der Waals surface area (Å²) in [6.45, 7) is 3.29. The number of hydrogen-bond donors (Lipinski definition) is 1. The van der Waals surface area contributed by atoms with Crippen LogP contribution in [0.1, 0.15) is 5.56 Å². The van der Waals surface area contributed by atoms with Gasteiger partial charge in [-0.2, -0.15) is 0 Å². The van der Waals surface area contributed by atoms with Crippen molar-refractivity contribution in [2.75, 3.05) is 0 Å². The molecule has 4 heteroatoms. The van der Waals surface area contributed by atoms with Crippen LogP contribution in [0.3, 0.4) is 0 Å². The molecule has 0 aliphatic carbocycles. The zero-order valence-corrected chi connectivity index (χ0v) is 9.07. The Bertz CT molecular complexity index is 314. The summed E-state index contributed by atoms with van der Waals surface area (Å²) in [6.07, 6.45) is 1.57. The highest BCUT2D eigenvalue weighted by atomic mass is 35.5. The van der Waals surface area contributed by atoms with E-state index in [1.165, 1.54) is 0 Å². The minimum absolute atomic E-state index is 0. The predicted octanol–water partition coefficient (Wildman–Crippen LogP) is 1.66. The van der Waals surface area contributed by atoms with Crippen LogP contribution in [0.5, 0.6) is 0 Å². The van der Waals surface area contributed by atoms with Gasteiger partial charge in [0.05, 0.1) is 6.26 Å². The maximum absolute atomic E-state index is 11.1. The van der Waals surface area contributed by atoms with Gasteiger partial charge in [-0.15, -0.1) is 12.4 Å². The van der Waals surface area contributed by atoms with E-state index >= 15 is 0 Å². The van der Waals surface area contributed by atoms with Crippen LogP contribution in [0.15, 0.2) is 43.2 Å². The van der Waals surface area contributed by atoms with Gasteiger partial charge in [0, 0.05) is 0 Å². The average Bonchev–Trinajstić information content (AvgIpc) is 2.19. The zero-order valence-electron chi connectivity index (χ0n) is 8.26. The Kier molecular flexibility index (Phi) is 6.42. The van der Waals surface area contributed by atoms with Crippen LogP contribution in [-0.4, -0.2) is 12.0 Å². The summed E-state index contributed by atoms with van der Waals surface area (Å²) < 4.78 is 4.58. The fraction of sp³-hybridized carbons (Fsp3) is 0.182. The first-order valence-electron chi connectivity index (χ1n) is 4.35. The summed E-state index contributed by atoms with van der Waals surface area (Å²) in [6, 6.07) is 8.93. The second kappa shape index (κ2) is 7.04. The Morgan fingerprint density at radius 2 is 2.07 bits per heavy atom. The minimum Gasteiger partial charge on any atom is -0.434 e. The van der Waals surface area contributed by atoms with E-state index in [0.29, 0.717) is 6.42 Å². The van der Waals surface area contributed by atoms with Gasteiger partial charge in [-0.25, -0.2) is 4.79 Å². The van der Waals surface area contributed by atoms with E-state index < -0.39 is 12.0 Å². The molecule has 0 bridgehead atoms. The molecule has 1 aromatic rings. The van der Waals surface area contributed by atoms with E-state index in [1.54, 1.807) is 0 Å². The topological polar surface area (TPSA) is 52.3 Å². The zero-order chi connectivity index (χ0) is 10.4. The molecule has 0 aliphatic heterocycles. The van der Waals surface area contributed by atoms with E-state index in [2.05, 4.69) is 11.3 Å². The Balaban J connectivity index is 0.00000196. The molecule has 0 aliphatic rings. The molecule has 2 N–H and O–H groups in total. The highest BCUT2D eigenvalue weighted by Crippen LogP contribution is 2.02. The maximum Gasteiger partial charge on any atom is 0.328 e. The molecular formula is C11H14ClNO2. The van der Waals surface area contributed by atoms with E-state index in [0.717, 1.165) is 11.8 Å². The lowest BCUT2D eigenvalue weighted by molar-refractivity contribution is -0.139. The van der Waals surface area contributed by atoms with Gasteiger partial charge in [-0.3, -0.25) is 0 Å². The minimum atomic E-state index is -0.629. The van der Waals surface area contributed by atoms with Crippen molar-refractivity contribution in [3.8, 4) is 0 Å². The fourth-order valence-electron chi connectivity index (χ4n) is 1.12. The number of carbonyl (C=O) groups excluding carboxylic acids is 1. The highest BCUT2D eigenvalue weighted by Gasteiger charge is 2.14. The van der Waals surface area contributed by atoms with Crippen LogP contribution in [0, 0.1) is 0 Å². The van der Waals surface area contributed by atoms with Crippen molar-refractivity contribution >= 4 is 18.4 Å².